The third-order valence-electron chi connectivity index (χ3n) is 2.80. The van der Waals surface area contributed by atoms with E-state index in [2.05, 4.69) is 13.8 Å². The van der Waals surface area contributed by atoms with Crippen molar-refractivity contribution < 1.29 is 41.4 Å². The predicted molar refractivity (Wildman–Crippen MR) is 72.2 cm³/mol. The molecule has 0 fully saturated rings. The summed E-state index contributed by atoms with van der Waals surface area (Å²) in [6, 6.07) is 0. The van der Waals surface area contributed by atoms with E-state index < -0.39 is 5.97 Å². The van der Waals surface area contributed by atoms with Gasteiger partial charge < -0.3 is 19.7 Å². The molecule has 4 nitrogen and oxygen atoms in total. The van der Waals surface area contributed by atoms with Crippen molar-refractivity contribution in [1.29, 1.82) is 0 Å². The van der Waals surface area contributed by atoms with Crippen LogP contribution in [0.4, 0.5) is 0 Å². The van der Waals surface area contributed by atoms with Gasteiger partial charge in [0.1, 0.15) is 0 Å². The van der Waals surface area contributed by atoms with Crippen LogP contribution in [-0.2, 0) is 31.2 Å². The van der Waals surface area contributed by atoms with Gasteiger partial charge in [-0.25, -0.2) is 0 Å². The molecule has 2 N–H and O–H groups in total. The average Bonchev–Trinajstić information content (AvgIpc) is 2.36. The molecule has 0 aliphatic heterocycles. The fourth-order valence-electron chi connectivity index (χ4n) is 1.57. The summed E-state index contributed by atoms with van der Waals surface area (Å²) in [5, 5.41) is 19.0. The van der Waals surface area contributed by atoms with Gasteiger partial charge in [-0.15, -0.1) is 0 Å². The number of unbranched alkanes of at least 4 members (excludes halogenated alkanes) is 4. The van der Waals surface area contributed by atoms with E-state index in [-0.39, 0.29) is 28.3 Å². The zero-order chi connectivity index (χ0) is 13.7. The summed E-state index contributed by atoms with van der Waals surface area (Å²) >= 11 is 0. The van der Waals surface area contributed by atoms with Gasteiger partial charge in [0.15, 0.2) is 0 Å². The van der Waals surface area contributed by atoms with Crippen LogP contribution in [0.5, 0.6) is 0 Å². The SMILES string of the molecule is CCCCOC(O)(CCCCCO)OCCCC.[Ti]. The van der Waals surface area contributed by atoms with Crippen molar-refractivity contribution in [3.63, 3.8) is 0 Å². The molecule has 19 heavy (non-hydrogen) atoms. The van der Waals surface area contributed by atoms with Gasteiger partial charge in [-0.3, -0.25) is 0 Å². The Balaban J connectivity index is 0. The quantitative estimate of drug-likeness (QED) is 0.312. The zero-order valence-corrected chi connectivity index (χ0v) is 14.1. The van der Waals surface area contributed by atoms with Gasteiger partial charge in [-0.05, 0) is 25.7 Å². The van der Waals surface area contributed by atoms with Crippen LogP contribution in [0.1, 0.15) is 65.2 Å². The standard InChI is InChI=1S/C14H30O4.Ti/c1-3-5-12-17-14(16,18-13-6-4-2)10-8-7-9-11-15;/h15-16H,3-13H2,1-2H3;. The minimum Gasteiger partial charge on any atom is -0.396 e. The van der Waals surface area contributed by atoms with E-state index in [4.69, 9.17) is 14.6 Å². The summed E-state index contributed by atoms with van der Waals surface area (Å²) < 4.78 is 10.9. The Bertz CT molecular complexity index is 169. The van der Waals surface area contributed by atoms with Gasteiger partial charge in [-0.2, -0.15) is 0 Å². The van der Waals surface area contributed by atoms with Crippen molar-refractivity contribution in [2.75, 3.05) is 19.8 Å². The maximum Gasteiger partial charge on any atom is 0.280 e. The van der Waals surface area contributed by atoms with E-state index in [1.54, 1.807) is 0 Å². The van der Waals surface area contributed by atoms with Crippen LogP contribution in [-0.4, -0.2) is 36.0 Å². The van der Waals surface area contributed by atoms with E-state index in [0.717, 1.165) is 44.9 Å². The molecule has 0 aliphatic carbocycles. The molecule has 0 spiro atoms. The molecule has 0 rings (SSSR count). The number of aliphatic hydroxyl groups is 2. The molecule has 0 aliphatic rings. The summed E-state index contributed by atoms with van der Waals surface area (Å²) in [6.45, 7) is 5.42. The van der Waals surface area contributed by atoms with Gasteiger partial charge in [0.2, 0.25) is 0 Å². The largest absolute Gasteiger partial charge is 0.396 e. The topological polar surface area (TPSA) is 58.9 Å². The molecule has 5 heteroatoms. The fourth-order valence-corrected chi connectivity index (χ4v) is 1.57. The molecule has 0 aromatic carbocycles. The number of hydrogen-bond donors (Lipinski definition) is 2. The van der Waals surface area contributed by atoms with Crippen LogP contribution in [0.15, 0.2) is 0 Å². The van der Waals surface area contributed by atoms with Crippen LogP contribution in [0, 0.1) is 0 Å². The van der Waals surface area contributed by atoms with Crippen molar-refractivity contribution in [3.05, 3.63) is 0 Å². The molecule has 0 radical (unpaired) electrons. The van der Waals surface area contributed by atoms with Crippen LogP contribution in [0.3, 0.4) is 0 Å². The van der Waals surface area contributed by atoms with Crippen molar-refractivity contribution in [2.24, 2.45) is 0 Å². The van der Waals surface area contributed by atoms with Crippen LogP contribution in [0.2, 0.25) is 0 Å². The van der Waals surface area contributed by atoms with E-state index in [1.807, 2.05) is 0 Å². The second-order valence-electron chi connectivity index (χ2n) is 4.65. The maximum atomic E-state index is 10.3. The Kier molecular flexibility index (Phi) is 17.2. The third-order valence-corrected chi connectivity index (χ3v) is 2.80. The van der Waals surface area contributed by atoms with E-state index in [1.165, 1.54) is 0 Å². The smallest absolute Gasteiger partial charge is 0.280 e. The molecule has 0 saturated carbocycles. The number of hydrogen-bond acceptors (Lipinski definition) is 4. The Hall–Kier alpha value is 0.554. The minimum absolute atomic E-state index is 0. The molecule has 0 unspecified atom stereocenters. The Labute approximate surface area is 132 Å². The molecule has 0 atom stereocenters. The predicted octanol–water partition coefficient (Wildman–Crippen LogP) is 2.82. The first-order valence-electron chi connectivity index (χ1n) is 7.29. The van der Waals surface area contributed by atoms with Gasteiger partial charge in [0.25, 0.3) is 5.97 Å². The number of ether oxygens (including phenoxy) is 2. The summed E-state index contributed by atoms with van der Waals surface area (Å²) in [7, 11) is 0. The second kappa shape index (κ2) is 15.0. The van der Waals surface area contributed by atoms with Gasteiger partial charge in [-0.1, -0.05) is 33.1 Å². The average molecular weight is 310 g/mol. The summed E-state index contributed by atoms with van der Waals surface area (Å²) in [5.41, 5.74) is 0. The molecule has 0 aromatic rings. The van der Waals surface area contributed by atoms with Crippen molar-refractivity contribution in [3.8, 4) is 0 Å². The van der Waals surface area contributed by atoms with Gasteiger partial charge in [0.05, 0.1) is 13.2 Å². The molecule has 0 heterocycles. The molecule has 0 bridgehead atoms. The van der Waals surface area contributed by atoms with Crippen LogP contribution < -0.4 is 0 Å². The third kappa shape index (κ3) is 13.3. The first-order chi connectivity index (χ1) is 8.68. The number of aliphatic hydroxyl groups excluding tert-OH is 1. The monoisotopic (exact) mass is 310 g/mol. The summed E-state index contributed by atoms with van der Waals surface area (Å²) in [4.78, 5) is 0. The molecular weight excluding hydrogens is 280 g/mol. The maximum absolute atomic E-state index is 10.3. The Morgan fingerprint density at radius 2 is 1.37 bits per heavy atom. The fraction of sp³-hybridized carbons (Fsp3) is 1.00. The zero-order valence-electron chi connectivity index (χ0n) is 12.5. The number of rotatable bonds is 13. The molecule has 0 amide bonds. The second-order valence-corrected chi connectivity index (χ2v) is 4.65. The summed E-state index contributed by atoms with van der Waals surface area (Å²) in [6.07, 6.45) is 6.85. The van der Waals surface area contributed by atoms with Crippen molar-refractivity contribution >= 4 is 0 Å². The Morgan fingerprint density at radius 1 is 0.842 bits per heavy atom. The van der Waals surface area contributed by atoms with Crippen molar-refractivity contribution in [2.45, 2.75) is 71.2 Å². The molecule has 114 valence electrons. The minimum atomic E-state index is -1.43. The first-order valence-corrected chi connectivity index (χ1v) is 7.29. The molecule has 0 saturated heterocycles. The Morgan fingerprint density at radius 3 is 1.79 bits per heavy atom. The first kappa shape index (κ1) is 21.8. The van der Waals surface area contributed by atoms with Crippen LogP contribution >= 0.6 is 0 Å². The van der Waals surface area contributed by atoms with Gasteiger partial charge >= 0.3 is 0 Å². The van der Waals surface area contributed by atoms with Crippen molar-refractivity contribution in [1.82, 2.24) is 0 Å². The molecule has 0 aromatic heterocycles. The van der Waals surface area contributed by atoms with Crippen LogP contribution in [0.25, 0.3) is 0 Å². The van der Waals surface area contributed by atoms with E-state index in [9.17, 15) is 5.11 Å². The summed E-state index contributed by atoms with van der Waals surface area (Å²) in [5.74, 6) is -1.43. The molecular formula is C14H30O4Ti. The van der Waals surface area contributed by atoms with E-state index >= 15 is 0 Å². The van der Waals surface area contributed by atoms with E-state index in [0.29, 0.717) is 19.6 Å². The van der Waals surface area contributed by atoms with Gasteiger partial charge in [0, 0.05) is 34.7 Å². The normalized spacial score (nSPS) is 11.4.